The highest BCUT2D eigenvalue weighted by Crippen LogP contribution is 2.28. The van der Waals surface area contributed by atoms with Gasteiger partial charge in [-0.25, -0.2) is 0 Å². The molecule has 0 heterocycles. The SMILES string of the molecule is CCCCCN(CCCCC)C(=O)COc1ccccc1OCCOc1ccccc1OCC(=O)N(CCCCC)CCCCC. The lowest BCUT2D eigenvalue weighted by molar-refractivity contribution is -0.134. The fourth-order valence-corrected chi connectivity index (χ4v) is 5.08. The maximum Gasteiger partial charge on any atom is 0.260 e. The fourth-order valence-electron chi connectivity index (χ4n) is 5.08. The van der Waals surface area contributed by atoms with E-state index in [1.54, 1.807) is 0 Å². The smallest absolute Gasteiger partial charge is 0.260 e. The van der Waals surface area contributed by atoms with Crippen LogP contribution >= 0.6 is 0 Å². The molecule has 0 aromatic heterocycles. The number of benzene rings is 2. The standard InChI is InChI=1S/C38H60N2O6/c1-5-9-17-25-39(26-18-10-6-2)37(41)31-45-35-23-15-13-21-33(35)43-29-30-44-34-22-14-16-24-36(34)46-32-38(42)40(27-19-11-7-3)28-20-12-8-4/h13-16,21-24H,5-12,17-20,25-32H2,1-4H3. The van der Waals surface area contributed by atoms with Gasteiger partial charge in [0.2, 0.25) is 0 Å². The third-order valence-electron chi connectivity index (χ3n) is 7.83. The molecule has 0 N–H and O–H groups in total. The maximum atomic E-state index is 13.0. The molecule has 0 aliphatic heterocycles. The highest BCUT2D eigenvalue weighted by molar-refractivity contribution is 5.78. The molecule has 0 saturated heterocycles. The quantitative estimate of drug-likeness (QED) is 0.0914. The maximum absolute atomic E-state index is 13.0. The summed E-state index contributed by atoms with van der Waals surface area (Å²) >= 11 is 0. The number of amides is 2. The van der Waals surface area contributed by atoms with E-state index in [-0.39, 0.29) is 38.2 Å². The Morgan fingerprint density at radius 2 is 0.739 bits per heavy atom. The number of nitrogens with zero attached hydrogens (tertiary/aromatic N) is 2. The van der Waals surface area contributed by atoms with Gasteiger partial charge < -0.3 is 28.7 Å². The number of carbonyl (C=O) groups is 2. The Balaban J connectivity index is 1.88. The van der Waals surface area contributed by atoms with Crippen LogP contribution in [0.5, 0.6) is 23.0 Å². The molecule has 2 amide bonds. The number of rotatable bonds is 27. The summed E-state index contributed by atoms with van der Waals surface area (Å²) in [4.78, 5) is 29.9. The third-order valence-corrected chi connectivity index (χ3v) is 7.83. The van der Waals surface area contributed by atoms with Crippen molar-refractivity contribution in [3.63, 3.8) is 0 Å². The molecule has 0 spiro atoms. The molecular weight excluding hydrogens is 580 g/mol. The molecule has 8 nitrogen and oxygen atoms in total. The Morgan fingerprint density at radius 3 is 1.02 bits per heavy atom. The zero-order valence-corrected chi connectivity index (χ0v) is 29.1. The molecule has 0 unspecified atom stereocenters. The van der Waals surface area contributed by atoms with Gasteiger partial charge in [0, 0.05) is 26.2 Å². The summed E-state index contributed by atoms with van der Waals surface area (Å²) in [7, 11) is 0. The zero-order chi connectivity index (χ0) is 33.2. The molecule has 0 atom stereocenters. The summed E-state index contributed by atoms with van der Waals surface area (Å²) < 4.78 is 23.9. The predicted octanol–water partition coefficient (Wildman–Crippen LogP) is 8.32. The van der Waals surface area contributed by atoms with Crippen LogP contribution < -0.4 is 18.9 Å². The molecule has 0 fully saturated rings. The largest absolute Gasteiger partial charge is 0.486 e. The summed E-state index contributed by atoms with van der Waals surface area (Å²) in [6, 6.07) is 14.8. The van der Waals surface area contributed by atoms with Crippen molar-refractivity contribution in [1.82, 2.24) is 9.80 Å². The predicted molar refractivity (Wildman–Crippen MR) is 186 cm³/mol. The molecule has 0 aliphatic carbocycles. The van der Waals surface area contributed by atoms with Crippen LogP contribution in [0.25, 0.3) is 0 Å². The number of unbranched alkanes of at least 4 members (excludes halogenated alkanes) is 8. The van der Waals surface area contributed by atoms with Crippen LogP contribution in [-0.2, 0) is 9.59 Å². The van der Waals surface area contributed by atoms with E-state index in [4.69, 9.17) is 18.9 Å². The van der Waals surface area contributed by atoms with Crippen LogP contribution in [-0.4, -0.2) is 74.2 Å². The van der Waals surface area contributed by atoms with Crippen LogP contribution in [0.1, 0.15) is 105 Å². The molecule has 0 saturated carbocycles. The summed E-state index contributed by atoms with van der Waals surface area (Å²) in [5.41, 5.74) is 0. The van der Waals surface area contributed by atoms with Gasteiger partial charge in [-0.05, 0) is 49.9 Å². The van der Waals surface area contributed by atoms with Crippen LogP contribution in [0.15, 0.2) is 48.5 Å². The summed E-state index contributed by atoms with van der Waals surface area (Å²) in [6.07, 6.45) is 13.0. The second-order valence-electron chi connectivity index (χ2n) is 11.8. The van der Waals surface area contributed by atoms with Crippen LogP contribution in [0.2, 0.25) is 0 Å². The molecule has 0 bridgehead atoms. The number of carbonyl (C=O) groups excluding carboxylic acids is 2. The first-order valence-corrected chi connectivity index (χ1v) is 17.8. The molecular formula is C38H60N2O6. The van der Waals surface area contributed by atoms with E-state index >= 15 is 0 Å². The van der Waals surface area contributed by atoms with E-state index in [1.807, 2.05) is 58.3 Å². The lowest BCUT2D eigenvalue weighted by Crippen LogP contribution is -2.36. The van der Waals surface area contributed by atoms with Gasteiger partial charge >= 0.3 is 0 Å². The first-order valence-electron chi connectivity index (χ1n) is 17.8. The minimum atomic E-state index is -0.0206. The molecule has 2 aromatic rings. The van der Waals surface area contributed by atoms with Crippen molar-refractivity contribution in [2.45, 2.75) is 105 Å². The van der Waals surface area contributed by atoms with Gasteiger partial charge in [0.05, 0.1) is 0 Å². The van der Waals surface area contributed by atoms with E-state index in [2.05, 4.69) is 27.7 Å². The normalized spacial score (nSPS) is 10.8. The van der Waals surface area contributed by atoms with E-state index in [0.29, 0.717) is 23.0 Å². The van der Waals surface area contributed by atoms with Crippen molar-refractivity contribution < 1.29 is 28.5 Å². The molecule has 0 aliphatic rings. The van der Waals surface area contributed by atoms with Crippen molar-refractivity contribution in [2.24, 2.45) is 0 Å². The number of ether oxygens (including phenoxy) is 4. The molecule has 8 heteroatoms. The van der Waals surface area contributed by atoms with E-state index in [9.17, 15) is 9.59 Å². The molecule has 2 rings (SSSR count). The second-order valence-corrected chi connectivity index (χ2v) is 11.8. The van der Waals surface area contributed by atoms with E-state index < -0.39 is 0 Å². The van der Waals surface area contributed by atoms with Crippen molar-refractivity contribution in [3.8, 4) is 23.0 Å². The number of hydrogen-bond donors (Lipinski definition) is 0. The van der Waals surface area contributed by atoms with Crippen LogP contribution in [0.4, 0.5) is 0 Å². The zero-order valence-electron chi connectivity index (χ0n) is 29.1. The minimum absolute atomic E-state index is 0.00507. The average Bonchev–Trinajstić information content (AvgIpc) is 3.07. The van der Waals surface area contributed by atoms with Gasteiger partial charge in [0.15, 0.2) is 36.2 Å². The monoisotopic (exact) mass is 640 g/mol. The lowest BCUT2D eigenvalue weighted by Gasteiger charge is -2.23. The van der Waals surface area contributed by atoms with Crippen molar-refractivity contribution in [1.29, 1.82) is 0 Å². The van der Waals surface area contributed by atoms with Crippen molar-refractivity contribution in [3.05, 3.63) is 48.5 Å². The van der Waals surface area contributed by atoms with Gasteiger partial charge in [-0.3, -0.25) is 9.59 Å². The Hall–Kier alpha value is -3.42. The summed E-state index contributed by atoms with van der Waals surface area (Å²) in [5, 5.41) is 0. The van der Waals surface area contributed by atoms with Crippen LogP contribution in [0, 0.1) is 0 Å². The fraction of sp³-hybridized carbons (Fsp3) is 0.632. The van der Waals surface area contributed by atoms with Crippen LogP contribution in [0.3, 0.4) is 0 Å². The van der Waals surface area contributed by atoms with E-state index in [0.717, 1.165) is 103 Å². The van der Waals surface area contributed by atoms with Gasteiger partial charge in [-0.1, -0.05) is 103 Å². The first kappa shape index (κ1) is 38.8. The number of hydrogen-bond acceptors (Lipinski definition) is 6. The summed E-state index contributed by atoms with van der Waals surface area (Å²) in [6.45, 7) is 12.2. The molecule has 46 heavy (non-hydrogen) atoms. The number of para-hydroxylation sites is 4. The van der Waals surface area contributed by atoms with Gasteiger partial charge in [-0.2, -0.15) is 0 Å². The Labute approximate surface area is 278 Å². The Kier molecular flexibility index (Phi) is 20.9. The topological polar surface area (TPSA) is 77.5 Å². The highest BCUT2D eigenvalue weighted by atomic mass is 16.6. The van der Waals surface area contributed by atoms with Gasteiger partial charge in [-0.15, -0.1) is 0 Å². The average molecular weight is 641 g/mol. The first-order chi connectivity index (χ1) is 22.5. The third kappa shape index (κ3) is 15.7. The van der Waals surface area contributed by atoms with Gasteiger partial charge in [0.25, 0.3) is 11.8 Å². The van der Waals surface area contributed by atoms with E-state index in [1.165, 1.54) is 0 Å². The molecule has 0 radical (unpaired) electrons. The highest BCUT2D eigenvalue weighted by Gasteiger charge is 2.17. The van der Waals surface area contributed by atoms with Crippen molar-refractivity contribution in [2.75, 3.05) is 52.6 Å². The Bertz CT molecular complexity index is 989. The minimum Gasteiger partial charge on any atom is -0.486 e. The summed E-state index contributed by atoms with van der Waals surface area (Å²) in [5.74, 6) is 2.19. The Morgan fingerprint density at radius 1 is 0.457 bits per heavy atom. The lowest BCUT2D eigenvalue weighted by atomic mass is 10.2. The molecule has 2 aromatic carbocycles. The molecule has 258 valence electrons. The van der Waals surface area contributed by atoms with Crippen molar-refractivity contribution >= 4 is 11.8 Å². The van der Waals surface area contributed by atoms with Gasteiger partial charge in [0.1, 0.15) is 13.2 Å². The second kappa shape index (κ2) is 24.8.